The molecule has 0 unspecified atom stereocenters. The van der Waals surface area contributed by atoms with Crippen LogP contribution in [0.4, 0.5) is 13.2 Å². The van der Waals surface area contributed by atoms with Crippen LogP contribution < -0.4 is 5.32 Å². The predicted octanol–water partition coefficient (Wildman–Crippen LogP) is 4.24. The minimum Gasteiger partial charge on any atom is -0.338 e. The Hall–Kier alpha value is -1.89. The first-order valence-corrected chi connectivity index (χ1v) is 7.31. The second-order valence-corrected chi connectivity index (χ2v) is 6.51. The molecule has 0 bridgehead atoms. The molecule has 7 heteroatoms. The average Bonchev–Trinajstić information content (AvgIpc) is 2.94. The normalized spacial score (nSPS) is 14.0. The zero-order valence-electron chi connectivity index (χ0n) is 13.5. The molecule has 126 valence electrons. The summed E-state index contributed by atoms with van der Waals surface area (Å²) >= 11 is 0. The van der Waals surface area contributed by atoms with Crippen LogP contribution in [0.5, 0.6) is 0 Å². The first-order valence-electron chi connectivity index (χ1n) is 7.31. The lowest BCUT2D eigenvalue weighted by Crippen LogP contribution is -2.19. The summed E-state index contributed by atoms with van der Waals surface area (Å²) in [5.74, 6) is 1.02. The fraction of sp³-hybridized carbons (Fsp3) is 0.500. The fourth-order valence-corrected chi connectivity index (χ4v) is 1.93. The minimum atomic E-state index is -4.34. The highest BCUT2D eigenvalue weighted by Gasteiger charge is 2.30. The third-order valence-electron chi connectivity index (χ3n) is 3.35. The van der Waals surface area contributed by atoms with E-state index in [1.165, 1.54) is 6.07 Å². The lowest BCUT2D eigenvalue weighted by atomic mass is 9.96. The summed E-state index contributed by atoms with van der Waals surface area (Å²) in [5, 5.41) is 7.03. The van der Waals surface area contributed by atoms with Crippen molar-refractivity contribution in [1.82, 2.24) is 15.5 Å². The number of halogens is 3. The molecule has 4 nitrogen and oxygen atoms in total. The Morgan fingerprint density at radius 1 is 1.22 bits per heavy atom. The van der Waals surface area contributed by atoms with E-state index >= 15 is 0 Å². The molecule has 0 fully saturated rings. The van der Waals surface area contributed by atoms with E-state index in [2.05, 4.69) is 15.5 Å². The molecule has 0 saturated heterocycles. The van der Waals surface area contributed by atoms with Gasteiger partial charge < -0.3 is 9.84 Å². The van der Waals surface area contributed by atoms with Crippen LogP contribution in [-0.4, -0.2) is 10.1 Å². The Morgan fingerprint density at radius 3 is 2.48 bits per heavy atom. The van der Waals surface area contributed by atoms with E-state index in [0.717, 1.165) is 12.1 Å². The van der Waals surface area contributed by atoms with Gasteiger partial charge in [-0.3, -0.25) is 0 Å². The van der Waals surface area contributed by atoms with E-state index in [1.807, 2.05) is 27.7 Å². The van der Waals surface area contributed by atoms with Crippen LogP contribution in [0.25, 0.3) is 0 Å². The Labute approximate surface area is 133 Å². The van der Waals surface area contributed by atoms with Crippen LogP contribution in [0, 0.1) is 0 Å². The molecule has 0 aliphatic rings. The Morgan fingerprint density at radius 2 is 1.91 bits per heavy atom. The summed E-state index contributed by atoms with van der Waals surface area (Å²) in [5.41, 5.74) is -0.331. The maximum atomic E-state index is 12.7. The number of hydrogen-bond donors (Lipinski definition) is 1. The highest BCUT2D eigenvalue weighted by Crippen LogP contribution is 2.29. The van der Waals surface area contributed by atoms with E-state index < -0.39 is 11.7 Å². The van der Waals surface area contributed by atoms with E-state index in [0.29, 0.717) is 17.3 Å². The number of nitrogens with one attached hydrogen (secondary N) is 1. The van der Waals surface area contributed by atoms with E-state index in [-0.39, 0.29) is 18.0 Å². The van der Waals surface area contributed by atoms with Gasteiger partial charge in [0.25, 0.3) is 0 Å². The molecular weight excluding hydrogens is 307 g/mol. The van der Waals surface area contributed by atoms with Crippen molar-refractivity contribution in [2.24, 2.45) is 0 Å². The lowest BCUT2D eigenvalue weighted by molar-refractivity contribution is -0.137. The molecule has 0 radical (unpaired) electrons. The van der Waals surface area contributed by atoms with Gasteiger partial charge in [-0.2, -0.15) is 18.2 Å². The number of alkyl halides is 3. The monoisotopic (exact) mass is 327 g/mol. The quantitative estimate of drug-likeness (QED) is 0.913. The Balaban J connectivity index is 2.02. The molecule has 1 aromatic heterocycles. The summed E-state index contributed by atoms with van der Waals surface area (Å²) in [4.78, 5) is 4.33. The number of aromatic nitrogens is 2. The lowest BCUT2D eigenvalue weighted by Gasteiger charge is -2.13. The molecule has 2 rings (SSSR count). The van der Waals surface area contributed by atoms with E-state index in [1.54, 1.807) is 6.07 Å². The summed E-state index contributed by atoms with van der Waals surface area (Å²) in [7, 11) is 0. The van der Waals surface area contributed by atoms with Gasteiger partial charge in [-0.15, -0.1) is 0 Å². The van der Waals surface area contributed by atoms with Crippen molar-refractivity contribution in [2.45, 2.75) is 51.9 Å². The van der Waals surface area contributed by atoms with Gasteiger partial charge in [0.1, 0.15) is 0 Å². The van der Waals surface area contributed by atoms with Crippen LogP contribution >= 0.6 is 0 Å². The summed E-state index contributed by atoms with van der Waals surface area (Å²) in [6.07, 6.45) is -4.34. The standard InChI is InChI=1S/C16H20F3N3O/c1-10(13-21-14(22-23-13)15(2,3)4)20-9-11-6-5-7-12(8-11)16(17,18)19/h5-8,10,20H,9H2,1-4H3/t10-/m1/s1. The van der Waals surface area contributed by atoms with Crippen LogP contribution in [0.2, 0.25) is 0 Å². The molecule has 0 aliphatic heterocycles. The molecule has 0 aliphatic carbocycles. The van der Waals surface area contributed by atoms with Crippen LogP contribution in [0.1, 0.15) is 56.6 Å². The molecule has 1 aromatic carbocycles. The van der Waals surface area contributed by atoms with Crippen molar-refractivity contribution in [3.8, 4) is 0 Å². The highest BCUT2D eigenvalue weighted by atomic mass is 19.4. The molecule has 1 heterocycles. The van der Waals surface area contributed by atoms with Crippen molar-refractivity contribution < 1.29 is 17.7 Å². The number of benzene rings is 1. The molecule has 1 N–H and O–H groups in total. The topological polar surface area (TPSA) is 51.0 Å². The first-order chi connectivity index (χ1) is 10.6. The minimum absolute atomic E-state index is 0.220. The zero-order valence-corrected chi connectivity index (χ0v) is 13.5. The van der Waals surface area contributed by atoms with Crippen molar-refractivity contribution in [3.63, 3.8) is 0 Å². The smallest absolute Gasteiger partial charge is 0.338 e. The molecular formula is C16H20F3N3O. The summed E-state index contributed by atoms with van der Waals surface area (Å²) < 4.78 is 43.3. The van der Waals surface area contributed by atoms with E-state index in [4.69, 9.17) is 4.52 Å². The van der Waals surface area contributed by atoms with Gasteiger partial charge in [0.05, 0.1) is 11.6 Å². The Kier molecular flexibility index (Phi) is 4.79. The predicted molar refractivity (Wildman–Crippen MR) is 79.7 cm³/mol. The SMILES string of the molecule is C[C@@H](NCc1cccc(C(F)(F)F)c1)c1nc(C(C)(C)C)no1. The molecule has 2 aromatic rings. The van der Waals surface area contributed by atoms with E-state index in [9.17, 15) is 13.2 Å². The van der Waals surface area contributed by atoms with Crippen LogP contribution in [-0.2, 0) is 18.1 Å². The molecule has 23 heavy (non-hydrogen) atoms. The second-order valence-electron chi connectivity index (χ2n) is 6.51. The second kappa shape index (κ2) is 6.31. The molecule has 1 atom stereocenters. The van der Waals surface area contributed by atoms with Crippen LogP contribution in [0.15, 0.2) is 28.8 Å². The first kappa shape index (κ1) is 17.5. The number of hydrogen-bond acceptors (Lipinski definition) is 4. The average molecular weight is 327 g/mol. The molecule has 0 saturated carbocycles. The fourth-order valence-electron chi connectivity index (χ4n) is 1.93. The Bertz CT molecular complexity index is 659. The van der Waals surface area contributed by atoms with Gasteiger partial charge in [-0.25, -0.2) is 0 Å². The highest BCUT2D eigenvalue weighted by molar-refractivity contribution is 5.25. The zero-order chi connectivity index (χ0) is 17.3. The van der Waals surface area contributed by atoms with Crippen LogP contribution in [0.3, 0.4) is 0 Å². The van der Waals surface area contributed by atoms with Gasteiger partial charge in [0, 0.05) is 12.0 Å². The third kappa shape index (κ3) is 4.54. The largest absolute Gasteiger partial charge is 0.416 e. The van der Waals surface area contributed by atoms with Gasteiger partial charge in [0.2, 0.25) is 5.89 Å². The van der Waals surface area contributed by atoms with Crippen molar-refractivity contribution >= 4 is 0 Å². The number of rotatable bonds is 4. The molecule has 0 amide bonds. The van der Waals surface area contributed by atoms with Gasteiger partial charge in [-0.1, -0.05) is 44.1 Å². The summed E-state index contributed by atoms with van der Waals surface area (Å²) in [6.45, 7) is 8.03. The van der Waals surface area contributed by atoms with Crippen molar-refractivity contribution in [2.75, 3.05) is 0 Å². The van der Waals surface area contributed by atoms with Gasteiger partial charge >= 0.3 is 6.18 Å². The number of nitrogens with zero attached hydrogens (tertiary/aromatic N) is 2. The third-order valence-corrected chi connectivity index (χ3v) is 3.35. The van der Waals surface area contributed by atoms with Crippen molar-refractivity contribution in [1.29, 1.82) is 0 Å². The maximum Gasteiger partial charge on any atom is 0.416 e. The van der Waals surface area contributed by atoms with Gasteiger partial charge in [0.15, 0.2) is 5.82 Å². The van der Waals surface area contributed by atoms with Crippen molar-refractivity contribution in [3.05, 3.63) is 47.1 Å². The summed E-state index contributed by atoms with van der Waals surface area (Å²) in [6, 6.07) is 4.97. The molecule has 0 spiro atoms. The van der Waals surface area contributed by atoms with Gasteiger partial charge in [-0.05, 0) is 18.6 Å². The maximum absolute atomic E-state index is 12.7.